The van der Waals surface area contributed by atoms with Crippen molar-refractivity contribution in [3.05, 3.63) is 76.7 Å². The normalized spacial score (nSPS) is 17.4. The molecule has 0 radical (unpaired) electrons. The van der Waals surface area contributed by atoms with E-state index >= 15 is 0 Å². The molecule has 0 bridgehead atoms. The maximum atomic E-state index is 12.8. The number of rotatable bonds is 7. The molecule has 2 amide bonds. The van der Waals surface area contributed by atoms with Crippen molar-refractivity contribution in [3.8, 4) is 0 Å². The summed E-state index contributed by atoms with van der Waals surface area (Å²) < 4.78 is 0.350. The topological polar surface area (TPSA) is 69.6 Å². The van der Waals surface area contributed by atoms with Crippen molar-refractivity contribution in [1.82, 2.24) is 10.2 Å². The first kappa shape index (κ1) is 21.2. The van der Waals surface area contributed by atoms with Crippen molar-refractivity contribution in [1.29, 1.82) is 0 Å². The van der Waals surface area contributed by atoms with Crippen LogP contribution in [0, 0.1) is 0 Å². The maximum Gasteiger partial charge on any atom is 0.266 e. The van der Waals surface area contributed by atoms with E-state index in [0.29, 0.717) is 15.6 Å². The summed E-state index contributed by atoms with van der Waals surface area (Å²) in [5.41, 5.74) is 1.91. The van der Waals surface area contributed by atoms with Gasteiger partial charge in [0.05, 0.1) is 17.6 Å². The zero-order chi connectivity index (χ0) is 20.8. The summed E-state index contributed by atoms with van der Waals surface area (Å²) in [5.74, 6) is -0.632. The molecule has 7 heteroatoms. The lowest BCUT2D eigenvalue weighted by Gasteiger charge is -2.25. The first-order valence-electron chi connectivity index (χ1n) is 9.27. The molecule has 1 saturated heterocycles. The van der Waals surface area contributed by atoms with E-state index in [1.54, 1.807) is 13.0 Å². The van der Waals surface area contributed by atoms with Gasteiger partial charge in [-0.15, -0.1) is 0 Å². The number of thiocarbonyl (C=S) groups is 1. The summed E-state index contributed by atoms with van der Waals surface area (Å²) in [7, 11) is 0. The summed E-state index contributed by atoms with van der Waals surface area (Å²) in [6, 6.07) is 17.9. The van der Waals surface area contributed by atoms with Gasteiger partial charge in [0, 0.05) is 0 Å². The molecule has 1 aliphatic heterocycles. The van der Waals surface area contributed by atoms with Gasteiger partial charge >= 0.3 is 0 Å². The minimum absolute atomic E-state index is 0.195. The van der Waals surface area contributed by atoms with E-state index in [-0.39, 0.29) is 18.4 Å². The van der Waals surface area contributed by atoms with Crippen LogP contribution in [0.1, 0.15) is 18.1 Å². The number of aliphatic hydroxyl groups excluding tert-OH is 1. The quantitative estimate of drug-likeness (QED) is 0.526. The van der Waals surface area contributed by atoms with Gasteiger partial charge in [-0.1, -0.05) is 84.6 Å². The SMILES string of the molecule is CC(C(=O)N[C@@H](CO)Cc1ccccc1)N1C(=O)/C(=C/c2ccccc2)SC1=S. The van der Waals surface area contributed by atoms with Crippen LogP contribution in [0.25, 0.3) is 6.08 Å². The molecule has 1 heterocycles. The average Bonchev–Trinajstić information content (AvgIpc) is 3.01. The Kier molecular flexibility index (Phi) is 7.19. The number of carbonyl (C=O) groups is 2. The summed E-state index contributed by atoms with van der Waals surface area (Å²) >= 11 is 6.54. The Hall–Kier alpha value is -2.48. The summed E-state index contributed by atoms with van der Waals surface area (Å²) in [6.45, 7) is 1.45. The number of nitrogens with zero attached hydrogens (tertiary/aromatic N) is 1. The van der Waals surface area contributed by atoms with Gasteiger partial charge in [-0.25, -0.2) is 0 Å². The number of amides is 2. The molecule has 1 aliphatic rings. The molecule has 3 rings (SSSR count). The highest BCUT2D eigenvalue weighted by Gasteiger charge is 2.38. The zero-order valence-electron chi connectivity index (χ0n) is 15.9. The third-order valence-corrected chi connectivity index (χ3v) is 5.91. The van der Waals surface area contributed by atoms with Crippen molar-refractivity contribution in [3.63, 3.8) is 0 Å². The largest absolute Gasteiger partial charge is 0.394 e. The van der Waals surface area contributed by atoms with Crippen LogP contribution in [0.2, 0.25) is 0 Å². The lowest BCUT2D eigenvalue weighted by Crippen LogP contribution is -2.51. The van der Waals surface area contributed by atoms with E-state index in [1.165, 1.54) is 16.7 Å². The Morgan fingerprint density at radius 3 is 2.41 bits per heavy atom. The molecular formula is C22H22N2O3S2. The second-order valence-electron chi connectivity index (χ2n) is 6.72. The monoisotopic (exact) mass is 426 g/mol. The number of aliphatic hydroxyl groups is 1. The lowest BCUT2D eigenvalue weighted by molar-refractivity contribution is -0.132. The number of nitrogens with one attached hydrogen (secondary N) is 1. The molecule has 2 N–H and O–H groups in total. The Balaban J connectivity index is 1.67. The first-order chi connectivity index (χ1) is 14.0. The zero-order valence-corrected chi connectivity index (χ0v) is 17.6. The molecule has 0 aliphatic carbocycles. The molecule has 1 fully saturated rings. The van der Waals surface area contributed by atoms with Crippen LogP contribution in [0.5, 0.6) is 0 Å². The Bertz CT molecular complexity index is 916. The maximum absolute atomic E-state index is 12.8. The molecule has 2 aromatic carbocycles. The molecule has 0 spiro atoms. The minimum atomic E-state index is -0.769. The fourth-order valence-corrected chi connectivity index (χ4v) is 4.43. The van der Waals surface area contributed by atoms with Crippen LogP contribution in [-0.4, -0.2) is 44.8 Å². The van der Waals surface area contributed by atoms with Crippen LogP contribution in [0.4, 0.5) is 0 Å². The van der Waals surface area contributed by atoms with Crippen LogP contribution < -0.4 is 5.32 Å². The fourth-order valence-electron chi connectivity index (χ4n) is 3.01. The molecule has 29 heavy (non-hydrogen) atoms. The van der Waals surface area contributed by atoms with Crippen LogP contribution in [0.3, 0.4) is 0 Å². The van der Waals surface area contributed by atoms with Crippen molar-refractivity contribution in [2.75, 3.05) is 6.61 Å². The highest BCUT2D eigenvalue weighted by molar-refractivity contribution is 8.26. The second kappa shape index (κ2) is 9.82. The van der Waals surface area contributed by atoms with Crippen molar-refractivity contribution in [2.45, 2.75) is 25.4 Å². The highest BCUT2D eigenvalue weighted by Crippen LogP contribution is 2.34. The minimum Gasteiger partial charge on any atom is -0.394 e. The summed E-state index contributed by atoms with van der Waals surface area (Å²) in [6.07, 6.45) is 2.28. The van der Waals surface area contributed by atoms with Gasteiger partial charge < -0.3 is 10.4 Å². The molecule has 1 unspecified atom stereocenters. The second-order valence-corrected chi connectivity index (χ2v) is 8.39. The first-order valence-corrected chi connectivity index (χ1v) is 10.5. The lowest BCUT2D eigenvalue weighted by atomic mass is 10.1. The molecule has 5 nitrogen and oxygen atoms in total. The van der Waals surface area contributed by atoms with Crippen molar-refractivity contribution >= 4 is 46.2 Å². The highest BCUT2D eigenvalue weighted by atomic mass is 32.2. The third kappa shape index (κ3) is 5.32. The van der Waals surface area contributed by atoms with Crippen LogP contribution in [0.15, 0.2) is 65.6 Å². The van der Waals surface area contributed by atoms with Crippen molar-refractivity contribution < 1.29 is 14.7 Å². The van der Waals surface area contributed by atoms with Gasteiger partial charge in [0.15, 0.2) is 0 Å². The molecule has 0 saturated carbocycles. The fraction of sp³-hybridized carbons (Fsp3) is 0.227. The molecule has 150 valence electrons. The van der Waals surface area contributed by atoms with E-state index in [0.717, 1.165) is 11.1 Å². The molecule has 2 aromatic rings. The smallest absolute Gasteiger partial charge is 0.266 e. The number of hydrogen-bond donors (Lipinski definition) is 2. The van der Waals surface area contributed by atoms with E-state index in [4.69, 9.17) is 12.2 Å². The van der Waals surface area contributed by atoms with Gasteiger partial charge in [0.25, 0.3) is 5.91 Å². The van der Waals surface area contributed by atoms with E-state index in [2.05, 4.69) is 5.32 Å². The van der Waals surface area contributed by atoms with Gasteiger partial charge in [0.2, 0.25) is 5.91 Å². The number of carbonyl (C=O) groups excluding carboxylic acids is 2. The van der Waals surface area contributed by atoms with Gasteiger partial charge in [0.1, 0.15) is 10.4 Å². The Morgan fingerprint density at radius 2 is 1.79 bits per heavy atom. The van der Waals surface area contributed by atoms with Crippen LogP contribution in [-0.2, 0) is 16.0 Å². The third-order valence-electron chi connectivity index (χ3n) is 4.58. The average molecular weight is 427 g/mol. The number of benzene rings is 2. The predicted molar refractivity (Wildman–Crippen MR) is 120 cm³/mol. The summed E-state index contributed by atoms with van der Waals surface area (Å²) in [4.78, 5) is 27.4. The van der Waals surface area contributed by atoms with Crippen LogP contribution >= 0.6 is 24.0 Å². The van der Waals surface area contributed by atoms with Crippen molar-refractivity contribution in [2.24, 2.45) is 0 Å². The molecule has 2 atom stereocenters. The van der Waals surface area contributed by atoms with Gasteiger partial charge in [-0.3, -0.25) is 14.5 Å². The van der Waals surface area contributed by atoms with E-state index in [1.807, 2.05) is 60.7 Å². The van der Waals surface area contributed by atoms with E-state index in [9.17, 15) is 14.7 Å². The Morgan fingerprint density at radius 1 is 1.17 bits per heavy atom. The standard InChI is InChI=1S/C22H22N2O3S2/c1-15(20(26)23-18(14-25)12-16-8-4-2-5-9-16)24-21(27)19(29-22(24)28)13-17-10-6-3-7-11-17/h2-11,13,15,18,25H,12,14H2,1H3,(H,23,26)/b19-13-/t15?,18-/m1/s1. The Labute approximate surface area is 179 Å². The molecule has 0 aromatic heterocycles. The number of thioether (sulfide) groups is 1. The van der Waals surface area contributed by atoms with Gasteiger partial charge in [-0.05, 0) is 30.5 Å². The predicted octanol–water partition coefficient (Wildman–Crippen LogP) is 3.00. The summed E-state index contributed by atoms with van der Waals surface area (Å²) in [5, 5.41) is 12.5. The van der Waals surface area contributed by atoms with Gasteiger partial charge in [-0.2, -0.15) is 0 Å². The molecular weight excluding hydrogens is 404 g/mol. The number of hydrogen-bond acceptors (Lipinski definition) is 5. The van der Waals surface area contributed by atoms with E-state index < -0.39 is 12.1 Å².